The number of nitrogens with one attached hydrogen (secondary N) is 2. The Morgan fingerprint density at radius 2 is 1.70 bits per heavy atom. The normalized spacial score (nSPS) is 16.8. The predicted octanol–water partition coefficient (Wildman–Crippen LogP) is 8.19. The van der Waals surface area contributed by atoms with E-state index in [4.69, 9.17) is 30.1 Å². The molecule has 2 aliphatic rings. The van der Waals surface area contributed by atoms with E-state index in [2.05, 4.69) is 10.0 Å². The maximum Gasteiger partial charge on any atom is 0.417 e. The van der Waals surface area contributed by atoms with Crippen molar-refractivity contribution in [2.45, 2.75) is 122 Å². The largest absolute Gasteiger partial charge is 0.444 e. The molecule has 0 saturated heterocycles. The van der Waals surface area contributed by atoms with Crippen molar-refractivity contribution in [1.82, 2.24) is 14.9 Å². The zero-order chi connectivity index (χ0) is 41.6. The second kappa shape index (κ2) is 22.2. The van der Waals surface area contributed by atoms with Crippen molar-refractivity contribution < 1.29 is 47.4 Å². The lowest BCUT2D eigenvalue weighted by molar-refractivity contribution is -0.123. The molecule has 1 aliphatic heterocycles. The highest BCUT2D eigenvalue weighted by molar-refractivity contribution is 7.99. The molecule has 0 bridgehead atoms. The third kappa shape index (κ3) is 14.5. The van der Waals surface area contributed by atoms with Gasteiger partial charge in [-0.2, -0.15) is 0 Å². The predicted molar refractivity (Wildman–Crippen MR) is 221 cm³/mol. The minimum Gasteiger partial charge on any atom is -0.444 e. The lowest BCUT2D eigenvalue weighted by atomic mass is 9.86. The number of benzene rings is 2. The van der Waals surface area contributed by atoms with Gasteiger partial charge in [-0.05, 0) is 94.7 Å². The van der Waals surface area contributed by atoms with E-state index in [0.717, 1.165) is 49.6 Å². The molecule has 3 atom stereocenters. The molecule has 2 aromatic rings. The fourth-order valence-electron chi connectivity index (χ4n) is 6.89. The number of rotatable bonds is 17. The van der Waals surface area contributed by atoms with Crippen molar-refractivity contribution in [3.8, 4) is 0 Å². The monoisotopic (exact) mass is 852 g/mol. The minimum atomic E-state index is -4.20. The number of amides is 4. The number of fused-ring (bicyclic) bond motifs is 1. The molecule has 1 aliphatic carbocycles. The summed E-state index contributed by atoms with van der Waals surface area (Å²) >= 11 is 6.97. The first-order valence-corrected chi connectivity index (χ1v) is 22.6. The third-order valence-corrected chi connectivity index (χ3v) is 13.1. The molecule has 0 radical (unpaired) electrons. The zero-order valence-electron chi connectivity index (χ0n) is 33.6. The van der Waals surface area contributed by atoms with E-state index in [-0.39, 0.29) is 64.1 Å². The van der Waals surface area contributed by atoms with Crippen LogP contribution in [-0.4, -0.2) is 83.0 Å². The summed E-state index contributed by atoms with van der Waals surface area (Å²) in [5.41, 5.74) is 1.37. The van der Waals surface area contributed by atoms with Crippen molar-refractivity contribution in [3.63, 3.8) is 0 Å². The summed E-state index contributed by atoms with van der Waals surface area (Å²) in [5, 5.41) is 14.2. The van der Waals surface area contributed by atoms with Crippen LogP contribution in [0.4, 0.5) is 15.3 Å². The Balaban J connectivity index is 1.53. The van der Waals surface area contributed by atoms with Crippen LogP contribution in [0, 0.1) is 5.92 Å². The Kier molecular flexibility index (Phi) is 18.0. The Hall–Kier alpha value is -3.33. The molecule has 14 nitrogen and oxygen atoms in total. The summed E-state index contributed by atoms with van der Waals surface area (Å²) in [5.74, 6) is -2.45. The van der Waals surface area contributed by atoms with E-state index in [0.29, 0.717) is 22.7 Å². The Morgan fingerprint density at radius 3 is 2.37 bits per heavy atom. The molecule has 1 fully saturated rings. The molecular formula is C40H58ClN4O10PS. The average Bonchev–Trinajstić information content (AvgIpc) is 3.37. The minimum absolute atomic E-state index is 0.0284. The van der Waals surface area contributed by atoms with E-state index in [9.17, 15) is 28.8 Å². The summed E-state index contributed by atoms with van der Waals surface area (Å²) in [6.45, 7) is 9.11. The van der Waals surface area contributed by atoms with Crippen molar-refractivity contribution in [1.29, 1.82) is 0 Å². The van der Waals surface area contributed by atoms with E-state index in [1.807, 2.05) is 12.1 Å². The van der Waals surface area contributed by atoms with Crippen LogP contribution in [0.3, 0.4) is 0 Å². The number of aliphatic hydroxyl groups excluding tert-OH is 1. The van der Waals surface area contributed by atoms with E-state index >= 15 is 0 Å². The summed E-state index contributed by atoms with van der Waals surface area (Å²) in [4.78, 5) is 57.2. The average molecular weight is 853 g/mol. The Morgan fingerprint density at radius 1 is 1.00 bits per heavy atom. The molecule has 17 heteroatoms. The van der Waals surface area contributed by atoms with Gasteiger partial charge in [0.15, 0.2) is 5.85 Å². The van der Waals surface area contributed by atoms with Crippen molar-refractivity contribution in [2.75, 3.05) is 31.2 Å². The number of nitrogens with zero attached hydrogens (tertiary/aromatic N) is 2. The number of aliphatic hydroxyl groups is 1. The molecule has 0 aromatic heterocycles. The number of hydrogen-bond donors (Lipinski definition) is 3. The lowest BCUT2D eigenvalue weighted by Crippen LogP contribution is -2.48. The number of hydrogen-bond acceptors (Lipinski definition) is 11. The van der Waals surface area contributed by atoms with Gasteiger partial charge < -0.3 is 38.7 Å². The number of para-hydroxylation sites is 1. The topological polar surface area (TPSA) is 173 Å². The van der Waals surface area contributed by atoms with Crippen LogP contribution in [0.25, 0.3) is 0 Å². The molecule has 1 heterocycles. The second-order valence-corrected chi connectivity index (χ2v) is 18.7. The van der Waals surface area contributed by atoms with Gasteiger partial charge in [-0.15, -0.1) is 0 Å². The first-order valence-electron chi connectivity index (χ1n) is 19.7. The number of ether oxygens (including phenoxy) is 2. The fraction of sp³-hybridized carbons (Fsp3) is 0.600. The van der Waals surface area contributed by atoms with Crippen LogP contribution in [0.5, 0.6) is 0 Å². The maximum absolute atomic E-state index is 14.2. The maximum atomic E-state index is 14.2. The SMILES string of the molecule is CCOP(=O)(OCC)C(O)[C@H](CCC(=O)N1CCN(C(=O)OC(C)(C)C)Cc2ccccc21)NC(=O)[C@H](CC1CCCCC1)SNC(=O)OCc1cccc(Cl)c1. The van der Waals surface area contributed by atoms with Gasteiger partial charge in [-0.25, -0.2) is 9.59 Å². The smallest absolute Gasteiger partial charge is 0.417 e. The summed E-state index contributed by atoms with van der Waals surface area (Å²) in [7, 11) is -4.20. The van der Waals surface area contributed by atoms with Crippen LogP contribution >= 0.6 is 31.1 Å². The van der Waals surface area contributed by atoms with Crippen molar-refractivity contribution >= 4 is 60.8 Å². The first-order chi connectivity index (χ1) is 27.1. The fourth-order valence-corrected chi connectivity index (χ4v) is 9.71. The molecule has 0 spiro atoms. The van der Waals surface area contributed by atoms with Crippen LogP contribution in [-0.2, 0) is 45.8 Å². The van der Waals surface area contributed by atoms with Gasteiger partial charge in [0.05, 0.1) is 25.8 Å². The number of carbonyl (C=O) groups excluding carboxylic acids is 4. The van der Waals surface area contributed by atoms with E-state index in [1.165, 1.54) is 0 Å². The number of carbonyl (C=O) groups is 4. The Labute approximate surface area is 345 Å². The van der Waals surface area contributed by atoms with E-state index < -0.39 is 48.4 Å². The van der Waals surface area contributed by atoms with E-state index in [1.54, 1.807) is 80.8 Å². The highest BCUT2D eigenvalue weighted by Gasteiger charge is 2.42. The number of anilines is 1. The standard InChI is InChI=1S/C40H58ClN4O10PS/c1-6-53-56(51,54-7-2)37(48)32(20-21-35(46)45-23-22-44(39(50)55-40(3,4)5)26-30-17-11-12-19-33(30)45)42-36(47)34(25-28-14-9-8-10-15-28)57-43-38(49)52-27-29-16-13-18-31(41)24-29/h11-13,16-19,24,28,32,34,37,48H,6-10,14-15,20-23,25-27H2,1-5H3,(H,42,47)(H,43,49)/t32-,34-,37?/m0/s1. The molecule has 57 heavy (non-hydrogen) atoms. The van der Waals surface area contributed by atoms with Crippen LogP contribution in [0.15, 0.2) is 48.5 Å². The third-order valence-electron chi connectivity index (χ3n) is 9.60. The van der Waals surface area contributed by atoms with Gasteiger partial charge >= 0.3 is 19.8 Å². The zero-order valence-corrected chi connectivity index (χ0v) is 36.0. The molecule has 316 valence electrons. The quantitative estimate of drug-likeness (QED) is 0.103. The molecule has 1 saturated carbocycles. The lowest BCUT2D eigenvalue weighted by Gasteiger charge is -2.32. The van der Waals surface area contributed by atoms with Crippen molar-refractivity contribution in [3.05, 3.63) is 64.7 Å². The molecule has 3 N–H and O–H groups in total. The van der Waals surface area contributed by atoms with Crippen LogP contribution in [0.2, 0.25) is 5.02 Å². The molecule has 1 unspecified atom stereocenters. The number of halogens is 1. The summed E-state index contributed by atoms with van der Waals surface area (Å²) in [6.07, 6.45) is 3.92. The highest BCUT2D eigenvalue weighted by Crippen LogP contribution is 2.53. The first kappa shape index (κ1) is 46.4. The summed E-state index contributed by atoms with van der Waals surface area (Å²) in [6, 6.07) is 13.0. The van der Waals surface area contributed by atoms with Crippen LogP contribution in [0.1, 0.15) is 97.1 Å². The molecule has 4 amide bonds. The van der Waals surface area contributed by atoms with Gasteiger partial charge in [0.1, 0.15) is 17.5 Å². The molecular weight excluding hydrogens is 795 g/mol. The second-order valence-electron chi connectivity index (χ2n) is 15.2. The summed E-state index contributed by atoms with van der Waals surface area (Å²) < 4.78 is 38.5. The van der Waals surface area contributed by atoms with Gasteiger partial charge in [0.2, 0.25) is 11.8 Å². The van der Waals surface area contributed by atoms with Gasteiger partial charge in [-0.3, -0.25) is 18.9 Å². The molecule has 2 aromatic carbocycles. The van der Waals surface area contributed by atoms with Crippen LogP contribution < -0.4 is 14.9 Å². The molecule has 4 rings (SSSR count). The van der Waals surface area contributed by atoms with Crippen molar-refractivity contribution in [2.24, 2.45) is 5.92 Å². The van der Waals surface area contributed by atoms with Gasteiger partial charge in [-0.1, -0.05) is 74.0 Å². The Bertz CT molecular complexity index is 1700. The van der Waals surface area contributed by atoms with Gasteiger partial charge in [0.25, 0.3) is 0 Å². The highest BCUT2D eigenvalue weighted by atomic mass is 35.5. The van der Waals surface area contributed by atoms with Gasteiger partial charge in [0, 0.05) is 30.2 Å².